The average molecular weight is 299 g/mol. The van der Waals surface area contributed by atoms with Crippen LogP contribution in [-0.2, 0) is 4.74 Å². The van der Waals surface area contributed by atoms with Crippen molar-refractivity contribution in [3.63, 3.8) is 0 Å². The molecule has 78 valence electrons. The molecule has 13 heavy (non-hydrogen) atoms. The van der Waals surface area contributed by atoms with Gasteiger partial charge in [-0.05, 0) is 27.2 Å². The van der Waals surface area contributed by atoms with Gasteiger partial charge in [0.2, 0.25) is 0 Å². The molecule has 0 atom stereocenters. The van der Waals surface area contributed by atoms with Crippen molar-refractivity contribution in [1.29, 1.82) is 0 Å². The first kappa shape index (κ1) is 13.0. The number of unbranched alkanes of at least 4 members (excludes halogenated alkanes) is 1. The maximum absolute atomic E-state index is 11.4. The number of nitrogens with zero attached hydrogens (tertiary/aromatic N) is 1. The lowest BCUT2D eigenvalue weighted by molar-refractivity contribution is 0.0428. The molecular weight excluding hydrogens is 281 g/mol. The Labute approximate surface area is 94.3 Å². The van der Waals surface area contributed by atoms with Crippen LogP contribution in [0.25, 0.3) is 0 Å². The van der Waals surface area contributed by atoms with Gasteiger partial charge in [0.15, 0.2) is 0 Å². The number of ether oxygens (including phenoxy) is 1. The SMILES string of the molecule is CCCCN(I)C(=O)OC(C)(C)C. The molecule has 0 N–H and O–H groups in total. The molecule has 0 unspecified atom stereocenters. The lowest BCUT2D eigenvalue weighted by Gasteiger charge is -2.23. The normalized spacial score (nSPS) is 11.2. The van der Waals surface area contributed by atoms with Crippen LogP contribution in [0.15, 0.2) is 0 Å². The first-order valence-electron chi connectivity index (χ1n) is 4.53. The molecule has 0 rings (SSSR count). The van der Waals surface area contributed by atoms with Crippen LogP contribution in [0.1, 0.15) is 40.5 Å². The van der Waals surface area contributed by atoms with Gasteiger partial charge in [-0.1, -0.05) is 13.3 Å². The third kappa shape index (κ3) is 7.10. The monoisotopic (exact) mass is 299 g/mol. The maximum atomic E-state index is 11.4. The third-order valence-corrected chi connectivity index (χ3v) is 2.18. The number of carbonyl (C=O) groups is 1. The van der Waals surface area contributed by atoms with Crippen LogP contribution in [0.3, 0.4) is 0 Å². The van der Waals surface area contributed by atoms with Crippen LogP contribution < -0.4 is 0 Å². The number of carbonyl (C=O) groups excluding carboxylic acids is 1. The van der Waals surface area contributed by atoms with E-state index in [9.17, 15) is 4.79 Å². The van der Waals surface area contributed by atoms with Gasteiger partial charge in [0, 0.05) is 6.54 Å². The van der Waals surface area contributed by atoms with Crippen molar-refractivity contribution in [2.24, 2.45) is 0 Å². The Morgan fingerprint density at radius 1 is 1.46 bits per heavy atom. The number of hydrogen-bond donors (Lipinski definition) is 0. The summed E-state index contributed by atoms with van der Waals surface area (Å²) in [4.78, 5) is 11.4. The van der Waals surface area contributed by atoms with Crippen LogP contribution in [0.4, 0.5) is 4.79 Å². The van der Waals surface area contributed by atoms with Crippen LogP contribution in [0, 0.1) is 0 Å². The van der Waals surface area contributed by atoms with Crippen molar-refractivity contribution < 1.29 is 9.53 Å². The van der Waals surface area contributed by atoms with Gasteiger partial charge in [-0.25, -0.2) is 7.91 Å². The van der Waals surface area contributed by atoms with E-state index < -0.39 is 5.60 Å². The van der Waals surface area contributed by atoms with Gasteiger partial charge >= 0.3 is 6.09 Å². The van der Waals surface area contributed by atoms with Gasteiger partial charge in [0.25, 0.3) is 0 Å². The van der Waals surface area contributed by atoms with E-state index in [2.05, 4.69) is 6.92 Å². The summed E-state index contributed by atoms with van der Waals surface area (Å²) in [6.07, 6.45) is 1.85. The zero-order chi connectivity index (χ0) is 10.5. The van der Waals surface area contributed by atoms with Gasteiger partial charge < -0.3 is 4.74 Å². The third-order valence-electron chi connectivity index (χ3n) is 1.30. The minimum absolute atomic E-state index is 0.249. The average Bonchev–Trinajstić information content (AvgIpc) is 1.96. The van der Waals surface area contributed by atoms with Crippen LogP contribution in [0.5, 0.6) is 0 Å². The molecular formula is C9H18INO2. The molecule has 0 bridgehead atoms. The molecule has 0 aromatic carbocycles. The zero-order valence-electron chi connectivity index (χ0n) is 8.76. The lowest BCUT2D eigenvalue weighted by Crippen LogP contribution is -2.31. The summed E-state index contributed by atoms with van der Waals surface area (Å²) in [7, 11) is 0. The predicted molar refractivity (Wildman–Crippen MR) is 61.9 cm³/mol. The summed E-state index contributed by atoms with van der Waals surface area (Å²) < 4.78 is 6.77. The predicted octanol–water partition coefficient (Wildman–Crippen LogP) is 3.37. The minimum atomic E-state index is -0.396. The topological polar surface area (TPSA) is 29.5 Å². The summed E-state index contributed by atoms with van der Waals surface area (Å²) in [6, 6.07) is 0. The smallest absolute Gasteiger partial charge is 0.419 e. The minimum Gasteiger partial charge on any atom is -0.443 e. The molecule has 1 amide bonds. The summed E-state index contributed by atoms with van der Waals surface area (Å²) in [5, 5.41) is 0. The molecule has 0 fully saturated rings. The Bertz CT molecular complexity index is 165. The van der Waals surface area contributed by atoms with Crippen LogP contribution >= 0.6 is 22.9 Å². The van der Waals surface area contributed by atoms with Gasteiger partial charge in [-0.15, -0.1) is 0 Å². The fraction of sp³-hybridized carbons (Fsp3) is 0.889. The van der Waals surface area contributed by atoms with E-state index >= 15 is 0 Å². The van der Waals surface area contributed by atoms with E-state index in [1.165, 1.54) is 0 Å². The second kappa shape index (κ2) is 5.67. The summed E-state index contributed by atoms with van der Waals surface area (Å²) in [5.41, 5.74) is -0.396. The molecule has 0 aliphatic rings. The van der Waals surface area contributed by atoms with E-state index in [0.717, 1.165) is 19.4 Å². The van der Waals surface area contributed by atoms with Crippen LogP contribution in [0.2, 0.25) is 0 Å². The molecule has 0 aromatic heterocycles. The van der Waals surface area contributed by atoms with E-state index in [0.29, 0.717) is 0 Å². The molecule has 0 saturated carbocycles. The first-order valence-corrected chi connectivity index (χ1v) is 5.49. The Hall–Kier alpha value is 0. The van der Waals surface area contributed by atoms with E-state index in [1.54, 1.807) is 3.11 Å². The summed E-state index contributed by atoms with van der Waals surface area (Å²) >= 11 is 1.99. The standard InChI is InChI=1S/C9H18INO2/c1-5-6-7-11(10)8(12)13-9(2,3)4/h5-7H2,1-4H3. The zero-order valence-corrected chi connectivity index (χ0v) is 10.9. The highest BCUT2D eigenvalue weighted by atomic mass is 127. The van der Waals surface area contributed by atoms with Gasteiger partial charge in [0.05, 0.1) is 22.9 Å². The van der Waals surface area contributed by atoms with E-state index in [1.807, 2.05) is 43.6 Å². The van der Waals surface area contributed by atoms with Gasteiger partial charge in [0.1, 0.15) is 5.60 Å². The fourth-order valence-electron chi connectivity index (χ4n) is 0.700. The number of rotatable bonds is 3. The number of hydrogen-bond acceptors (Lipinski definition) is 2. The fourth-order valence-corrected chi connectivity index (χ4v) is 1.14. The van der Waals surface area contributed by atoms with Crippen LogP contribution in [-0.4, -0.2) is 21.4 Å². The van der Waals surface area contributed by atoms with Gasteiger partial charge in [-0.2, -0.15) is 0 Å². The Morgan fingerprint density at radius 2 is 2.00 bits per heavy atom. The summed E-state index contributed by atoms with van der Waals surface area (Å²) in [5.74, 6) is 0. The molecule has 0 heterocycles. The van der Waals surface area contributed by atoms with Gasteiger partial charge in [-0.3, -0.25) is 0 Å². The quantitative estimate of drug-likeness (QED) is 0.590. The van der Waals surface area contributed by atoms with Crippen molar-refractivity contribution in [2.75, 3.05) is 6.54 Å². The molecule has 0 aromatic rings. The van der Waals surface area contributed by atoms with E-state index in [-0.39, 0.29) is 6.09 Å². The molecule has 4 heteroatoms. The molecule has 0 aliphatic heterocycles. The molecule has 0 aliphatic carbocycles. The Balaban J connectivity index is 3.83. The second-order valence-electron chi connectivity index (χ2n) is 3.92. The van der Waals surface area contributed by atoms with Crippen molar-refractivity contribution >= 4 is 29.0 Å². The first-order chi connectivity index (χ1) is 5.87. The lowest BCUT2D eigenvalue weighted by atomic mass is 10.2. The maximum Gasteiger partial charge on any atom is 0.419 e. The number of halogens is 1. The highest BCUT2D eigenvalue weighted by molar-refractivity contribution is 14.1. The van der Waals surface area contributed by atoms with Crippen molar-refractivity contribution in [3.05, 3.63) is 0 Å². The Kier molecular flexibility index (Phi) is 5.67. The Morgan fingerprint density at radius 3 is 2.38 bits per heavy atom. The molecule has 0 radical (unpaired) electrons. The van der Waals surface area contributed by atoms with Crippen molar-refractivity contribution in [2.45, 2.75) is 46.1 Å². The molecule has 0 saturated heterocycles. The largest absolute Gasteiger partial charge is 0.443 e. The summed E-state index contributed by atoms with van der Waals surface area (Å²) in [6.45, 7) is 8.46. The van der Waals surface area contributed by atoms with Crippen molar-refractivity contribution in [3.8, 4) is 0 Å². The molecule has 3 nitrogen and oxygen atoms in total. The van der Waals surface area contributed by atoms with E-state index in [4.69, 9.17) is 4.74 Å². The molecule has 0 spiro atoms. The highest BCUT2D eigenvalue weighted by Gasteiger charge is 2.19. The van der Waals surface area contributed by atoms with Crippen molar-refractivity contribution in [1.82, 2.24) is 3.11 Å². The number of amides is 1. The second-order valence-corrected chi connectivity index (χ2v) is 5.08. The highest BCUT2D eigenvalue weighted by Crippen LogP contribution is 2.12.